The third-order valence-corrected chi connectivity index (χ3v) is 4.89. The number of hydrogen-bond acceptors (Lipinski definition) is 4. The number of carbonyl (C=O) groups excluding carboxylic acids is 1. The minimum atomic E-state index is -0.0775. The summed E-state index contributed by atoms with van der Waals surface area (Å²) in [6.45, 7) is 10.6. The molecule has 130 valence electrons. The van der Waals surface area contributed by atoms with Crippen molar-refractivity contribution in [3.05, 3.63) is 29.8 Å². The van der Waals surface area contributed by atoms with E-state index in [1.165, 1.54) is 5.69 Å². The van der Waals surface area contributed by atoms with Crippen LogP contribution in [0.5, 0.6) is 0 Å². The van der Waals surface area contributed by atoms with Crippen molar-refractivity contribution in [2.45, 2.75) is 39.3 Å². The molecule has 1 atom stereocenters. The Kier molecular flexibility index (Phi) is 6.22. The largest absolute Gasteiger partial charge is 0.369 e. The SMILES string of the molecule is CC(C)N1CCN(c2ccc(C(=O)N(C)C(C)CC#N)cc2)CC1. The van der Waals surface area contributed by atoms with E-state index in [4.69, 9.17) is 5.26 Å². The Morgan fingerprint density at radius 2 is 1.75 bits per heavy atom. The van der Waals surface area contributed by atoms with Gasteiger partial charge in [0.15, 0.2) is 0 Å². The van der Waals surface area contributed by atoms with E-state index < -0.39 is 0 Å². The number of piperazine rings is 1. The number of amides is 1. The molecule has 1 amide bonds. The standard InChI is InChI=1S/C19H28N4O/c1-15(2)22-11-13-23(14-12-22)18-7-5-17(6-8-18)19(24)21(4)16(3)9-10-20/h5-8,15-16H,9,11-14H2,1-4H3. The van der Waals surface area contributed by atoms with Crippen LogP contribution in [0.25, 0.3) is 0 Å². The van der Waals surface area contributed by atoms with Crippen LogP contribution in [0.15, 0.2) is 24.3 Å². The summed E-state index contributed by atoms with van der Waals surface area (Å²) in [6, 6.07) is 10.5. The van der Waals surface area contributed by atoms with Crippen molar-refractivity contribution in [1.82, 2.24) is 9.80 Å². The number of rotatable bonds is 5. The molecule has 2 rings (SSSR count). The summed E-state index contributed by atoms with van der Waals surface area (Å²) < 4.78 is 0. The maximum atomic E-state index is 12.5. The summed E-state index contributed by atoms with van der Waals surface area (Å²) in [5.74, 6) is -0.0334. The molecular weight excluding hydrogens is 300 g/mol. The predicted octanol–water partition coefficient (Wildman–Crippen LogP) is 2.59. The average molecular weight is 328 g/mol. The highest BCUT2D eigenvalue weighted by atomic mass is 16.2. The Hall–Kier alpha value is -2.06. The number of carbonyl (C=O) groups is 1. The maximum absolute atomic E-state index is 12.5. The second-order valence-electron chi connectivity index (χ2n) is 6.79. The first-order valence-corrected chi connectivity index (χ1v) is 8.67. The van der Waals surface area contributed by atoms with Gasteiger partial charge in [-0.2, -0.15) is 5.26 Å². The van der Waals surface area contributed by atoms with Gasteiger partial charge in [-0.1, -0.05) is 0 Å². The predicted molar refractivity (Wildman–Crippen MR) is 97.1 cm³/mol. The quantitative estimate of drug-likeness (QED) is 0.834. The van der Waals surface area contributed by atoms with Crippen LogP contribution in [0, 0.1) is 11.3 Å². The summed E-state index contributed by atoms with van der Waals surface area (Å²) in [7, 11) is 1.75. The van der Waals surface area contributed by atoms with Gasteiger partial charge < -0.3 is 9.80 Å². The molecule has 1 heterocycles. The summed E-state index contributed by atoms with van der Waals surface area (Å²) in [4.78, 5) is 19.0. The number of anilines is 1. The molecule has 1 aliphatic heterocycles. The van der Waals surface area contributed by atoms with Crippen molar-refractivity contribution in [1.29, 1.82) is 5.26 Å². The van der Waals surface area contributed by atoms with Gasteiger partial charge in [0.25, 0.3) is 5.91 Å². The highest BCUT2D eigenvalue weighted by Gasteiger charge is 2.20. The molecule has 0 radical (unpaired) electrons. The van der Waals surface area contributed by atoms with Crippen molar-refractivity contribution < 1.29 is 4.79 Å². The molecule has 5 heteroatoms. The Labute approximate surface area is 145 Å². The van der Waals surface area contributed by atoms with Crippen LogP contribution in [-0.4, -0.2) is 61.0 Å². The van der Waals surface area contributed by atoms with Crippen molar-refractivity contribution in [2.24, 2.45) is 0 Å². The molecule has 1 aliphatic rings. The first-order valence-electron chi connectivity index (χ1n) is 8.67. The lowest BCUT2D eigenvalue weighted by atomic mass is 10.1. The lowest BCUT2D eigenvalue weighted by molar-refractivity contribution is 0.0746. The fourth-order valence-corrected chi connectivity index (χ4v) is 2.98. The Morgan fingerprint density at radius 3 is 2.25 bits per heavy atom. The highest BCUT2D eigenvalue weighted by Crippen LogP contribution is 2.19. The van der Waals surface area contributed by atoms with Crippen molar-refractivity contribution in [2.75, 3.05) is 38.1 Å². The smallest absolute Gasteiger partial charge is 0.253 e. The van der Waals surface area contributed by atoms with Crippen LogP contribution in [0.3, 0.4) is 0 Å². The van der Waals surface area contributed by atoms with E-state index in [1.807, 2.05) is 31.2 Å². The molecule has 0 aliphatic carbocycles. The second kappa shape index (κ2) is 8.16. The van der Waals surface area contributed by atoms with E-state index in [1.54, 1.807) is 11.9 Å². The monoisotopic (exact) mass is 328 g/mol. The molecule has 1 unspecified atom stereocenters. The van der Waals surface area contributed by atoms with Gasteiger partial charge in [-0.05, 0) is 45.0 Å². The molecule has 0 N–H and O–H groups in total. The number of nitriles is 1. The second-order valence-corrected chi connectivity index (χ2v) is 6.79. The van der Waals surface area contributed by atoms with Gasteiger partial charge in [0, 0.05) is 56.6 Å². The lowest BCUT2D eigenvalue weighted by Crippen LogP contribution is -2.48. The van der Waals surface area contributed by atoms with E-state index in [9.17, 15) is 4.79 Å². The molecule has 24 heavy (non-hydrogen) atoms. The van der Waals surface area contributed by atoms with Crippen LogP contribution in [0.1, 0.15) is 37.6 Å². The number of benzene rings is 1. The Morgan fingerprint density at radius 1 is 1.17 bits per heavy atom. The van der Waals surface area contributed by atoms with E-state index in [0.29, 0.717) is 18.0 Å². The molecule has 0 aromatic heterocycles. The number of hydrogen-bond donors (Lipinski definition) is 0. The first kappa shape index (κ1) is 18.3. The lowest BCUT2D eigenvalue weighted by Gasteiger charge is -2.38. The van der Waals surface area contributed by atoms with Crippen LogP contribution in [0.2, 0.25) is 0 Å². The molecule has 0 spiro atoms. The molecule has 1 aromatic rings. The van der Waals surface area contributed by atoms with Gasteiger partial charge >= 0.3 is 0 Å². The summed E-state index contributed by atoms with van der Waals surface area (Å²) in [5, 5.41) is 8.77. The van der Waals surface area contributed by atoms with Gasteiger partial charge in [-0.3, -0.25) is 9.69 Å². The fourth-order valence-electron chi connectivity index (χ4n) is 2.98. The molecule has 0 saturated carbocycles. The van der Waals surface area contributed by atoms with E-state index >= 15 is 0 Å². The third kappa shape index (κ3) is 4.27. The average Bonchev–Trinajstić information content (AvgIpc) is 2.61. The molecule has 5 nitrogen and oxygen atoms in total. The molecule has 1 saturated heterocycles. The van der Waals surface area contributed by atoms with Crippen molar-refractivity contribution in [3.8, 4) is 6.07 Å². The van der Waals surface area contributed by atoms with Gasteiger partial charge in [0.2, 0.25) is 0 Å². The van der Waals surface area contributed by atoms with Crippen molar-refractivity contribution >= 4 is 11.6 Å². The first-order chi connectivity index (χ1) is 11.4. The molecular formula is C19H28N4O. The highest BCUT2D eigenvalue weighted by molar-refractivity contribution is 5.94. The molecule has 1 fully saturated rings. The van der Waals surface area contributed by atoms with Crippen LogP contribution in [-0.2, 0) is 0 Å². The summed E-state index contributed by atoms with van der Waals surface area (Å²) >= 11 is 0. The van der Waals surface area contributed by atoms with E-state index in [-0.39, 0.29) is 11.9 Å². The summed E-state index contributed by atoms with van der Waals surface area (Å²) in [6.07, 6.45) is 0.348. The topological polar surface area (TPSA) is 50.6 Å². The van der Waals surface area contributed by atoms with Crippen LogP contribution < -0.4 is 4.90 Å². The Bertz CT molecular complexity index is 582. The van der Waals surface area contributed by atoms with Crippen LogP contribution >= 0.6 is 0 Å². The van der Waals surface area contributed by atoms with Gasteiger partial charge in [0.05, 0.1) is 12.5 Å². The third-order valence-electron chi connectivity index (χ3n) is 4.89. The normalized spacial score (nSPS) is 16.8. The minimum absolute atomic E-state index is 0.0334. The summed E-state index contributed by atoms with van der Waals surface area (Å²) in [5.41, 5.74) is 1.84. The Balaban J connectivity index is 1.98. The minimum Gasteiger partial charge on any atom is -0.369 e. The zero-order valence-corrected chi connectivity index (χ0v) is 15.2. The zero-order valence-electron chi connectivity index (χ0n) is 15.2. The van der Waals surface area contributed by atoms with Crippen molar-refractivity contribution in [3.63, 3.8) is 0 Å². The molecule has 0 bridgehead atoms. The maximum Gasteiger partial charge on any atom is 0.253 e. The molecule has 1 aromatic carbocycles. The van der Waals surface area contributed by atoms with Crippen LogP contribution in [0.4, 0.5) is 5.69 Å². The van der Waals surface area contributed by atoms with Gasteiger partial charge in [0.1, 0.15) is 0 Å². The van der Waals surface area contributed by atoms with Gasteiger partial charge in [-0.15, -0.1) is 0 Å². The zero-order chi connectivity index (χ0) is 17.7. The number of nitrogens with zero attached hydrogens (tertiary/aromatic N) is 4. The fraction of sp³-hybridized carbons (Fsp3) is 0.579. The van der Waals surface area contributed by atoms with Gasteiger partial charge in [-0.25, -0.2) is 0 Å². The van der Waals surface area contributed by atoms with E-state index in [2.05, 4.69) is 29.7 Å². The van der Waals surface area contributed by atoms with E-state index in [0.717, 1.165) is 26.2 Å².